The van der Waals surface area contributed by atoms with Gasteiger partial charge in [-0.2, -0.15) is 0 Å². The smallest absolute Gasteiger partial charge is 0.233 e. The van der Waals surface area contributed by atoms with Crippen LogP contribution in [0.3, 0.4) is 0 Å². The Labute approximate surface area is 96.2 Å². The second kappa shape index (κ2) is 2.88. The van der Waals surface area contributed by atoms with Gasteiger partial charge >= 0.3 is 0 Å². The number of imide groups is 1. The fourth-order valence-electron chi connectivity index (χ4n) is 4.07. The van der Waals surface area contributed by atoms with E-state index in [4.69, 9.17) is 0 Å². The lowest BCUT2D eigenvalue weighted by Gasteiger charge is -2.31. The van der Waals surface area contributed by atoms with Gasteiger partial charge in [0.05, 0.1) is 11.8 Å². The molecule has 3 fully saturated rings. The van der Waals surface area contributed by atoms with Crippen molar-refractivity contribution in [3.63, 3.8) is 0 Å². The molecular weight excluding hydrogens is 202 g/mol. The van der Waals surface area contributed by atoms with E-state index in [1.54, 1.807) is 0 Å². The first-order chi connectivity index (χ1) is 7.41. The molecule has 0 aromatic carbocycles. The molecule has 4 unspecified atom stereocenters. The molecule has 88 valence electrons. The number of hydrogen-bond acceptors (Lipinski definition) is 2. The minimum absolute atomic E-state index is 0.0328. The van der Waals surface area contributed by atoms with Crippen molar-refractivity contribution < 1.29 is 9.59 Å². The largest absolute Gasteiger partial charge is 0.277 e. The summed E-state index contributed by atoms with van der Waals surface area (Å²) in [5.41, 5.74) is -0.349. The normalized spacial score (nSPS) is 42.1. The highest BCUT2D eigenvalue weighted by atomic mass is 16.2. The summed E-state index contributed by atoms with van der Waals surface area (Å²) in [4.78, 5) is 26.2. The van der Waals surface area contributed by atoms with E-state index in [0.717, 1.165) is 19.3 Å². The van der Waals surface area contributed by atoms with Crippen LogP contribution in [0.2, 0.25) is 0 Å². The SMILES string of the molecule is CC(C)(C)N1C(=O)C2C3CCC(C3)C2C1=O. The molecule has 0 N–H and O–H groups in total. The Hall–Kier alpha value is -0.860. The fourth-order valence-corrected chi connectivity index (χ4v) is 4.07. The average Bonchev–Trinajstić information content (AvgIpc) is 2.77. The van der Waals surface area contributed by atoms with Crippen LogP contribution >= 0.6 is 0 Å². The Morgan fingerprint density at radius 1 is 1.00 bits per heavy atom. The first-order valence-electron chi connectivity index (χ1n) is 6.29. The first kappa shape index (κ1) is 10.3. The maximum Gasteiger partial charge on any atom is 0.233 e. The summed E-state index contributed by atoms with van der Waals surface area (Å²) >= 11 is 0. The van der Waals surface area contributed by atoms with Gasteiger partial charge in [0.25, 0.3) is 0 Å². The zero-order chi connectivity index (χ0) is 11.7. The summed E-state index contributed by atoms with van der Waals surface area (Å²) in [7, 11) is 0. The molecule has 0 aromatic rings. The van der Waals surface area contributed by atoms with Crippen molar-refractivity contribution in [1.82, 2.24) is 4.90 Å². The number of amides is 2. The molecule has 3 rings (SSSR count). The van der Waals surface area contributed by atoms with Crippen LogP contribution in [0.1, 0.15) is 40.0 Å². The van der Waals surface area contributed by atoms with Gasteiger partial charge in [0.1, 0.15) is 0 Å². The maximum absolute atomic E-state index is 12.3. The number of fused-ring (bicyclic) bond motifs is 5. The predicted octanol–water partition coefficient (Wildman–Crippen LogP) is 1.82. The van der Waals surface area contributed by atoms with Crippen molar-refractivity contribution in [3.05, 3.63) is 0 Å². The molecule has 4 atom stereocenters. The molecule has 1 heterocycles. The fraction of sp³-hybridized carbons (Fsp3) is 0.846. The van der Waals surface area contributed by atoms with Crippen molar-refractivity contribution in [2.24, 2.45) is 23.7 Å². The van der Waals surface area contributed by atoms with E-state index in [1.165, 1.54) is 4.90 Å². The maximum atomic E-state index is 12.3. The van der Waals surface area contributed by atoms with Crippen molar-refractivity contribution in [3.8, 4) is 0 Å². The van der Waals surface area contributed by atoms with Crippen LogP contribution in [0, 0.1) is 23.7 Å². The molecule has 16 heavy (non-hydrogen) atoms. The third-order valence-electron chi connectivity index (χ3n) is 4.60. The van der Waals surface area contributed by atoms with E-state index in [-0.39, 0.29) is 29.2 Å². The van der Waals surface area contributed by atoms with Crippen LogP contribution in [0.4, 0.5) is 0 Å². The van der Waals surface area contributed by atoms with Crippen LogP contribution in [0.25, 0.3) is 0 Å². The average molecular weight is 221 g/mol. The topological polar surface area (TPSA) is 37.4 Å². The summed E-state index contributed by atoms with van der Waals surface area (Å²) in [6.45, 7) is 5.85. The van der Waals surface area contributed by atoms with Gasteiger partial charge in [0, 0.05) is 5.54 Å². The molecular formula is C13H19NO2. The standard InChI is InChI=1S/C13H19NO2/c1-13(2,3)14-11(15)9-7-4-5-8(6-7)10(9)12(14)16/h7-10H,4-6H2,1-3H3. The zero-order valence-electron chi connectivity index (χ0n) is 10.2. The summed E-state index contributed by atoms with van der Waals surface area (Å²) in [6.07, 6.45) is 3.43. The van der Waals surface area contributed by atoms with Crippen LogP contribution in [0.5, 0.6) is 0 Å². The van der Waals surface area contributed by atoms with Crippen molar-refractivity contribution >= 4 is 11.8 Å². The molecule has 1 aliphatic heterocycles. The van der Waals surface area contributed by atoms with Crippen molar-refractivity contribution in [2.45, 2.75) is 45.6 Å². The molecule has 2 amide bonds. The summed E-state index contributed by atoms with van der Waals surface area (Å²) in [5, 5.41) is 0. The van der Waals surface area contributed by atoms with Gasteiger partial charge in [-0.15, -0.1) is 0 Å². The second-order valence-corrected chi connectivity index (χ2v) is 6.57. The number of carbonyl (C=O) groups excluding carboxylic acids is 2. The highest BCUT2D eigenvalue weighted by molar-refractivity contribution is 6.06. The molecule has 3 aliphatic rings. The summed E-state index contributed by atoms with van der Waals surface area (Å²) in [6, 6.07) is 0. The Morgan fingerprint density at radius 2 is 1.44 bits per heavy atom. The van der Waals surface area contributed by atoms with Gasteiger partial charge < -0.3 is 0 Å². The molecule has 2 bridgehead atoms. The second-order valence-electron chi connectivity index (χ2n) is 6.57. The minimum Gasteiger partial charge on any atom is -0.277 e. The molecule has 3 heteroatoms. The summed E-state index contributed by atoms with van der Waals surface area (Å²) in [5.74, 6) is 1.28. The van der Waals surface area contributed by atoms with E-state index in [1.807, 2.05) is 20.8 Å². The third kappa shape index (κ3) is 1.09. The van der Waals surface area contributed by atoms with Gasteiger partial charge in [-0.25, -0.2) is 0 Å². The molecule has 0 aromatic heterocycles. The lowest BCUT2D eigenvalue weighted by Crippen LogP contribution is -2.46. The number of likely N-dealkylation sites (tertiary alicyclic amines) is 1. The van der Waals surface area contributed by atoms with E-state index >= 15 is 0 Å². The molecule has 2 saturated carbocycles. The summed E-state index contributed by atoms with van der Waals surface area (Å²) < 4.78 is 0. The van der Waals surface area contributed by atoms with E-state index in [9.17, 15) is 9.59 Å². The predicted molar refractivity (Wildman–Crippen MR) is 59.4 cm³/mol. The molecule has 2 aliphatic carbocycles. The Morgan fingerprint density at radius 3 is 1.81 bits per heavy atom. The number of hydrogen-bond donors (Lipinski definition) is 0. The van der Waals surface area contributed by atoms with Gasteiger partial charge in [0.15, 0.2) is 0 Å². The van der Waals surface area contributed by atoms with Gasteiger partial charge in [-0.05, 0) is 51.9 Å². The van der Waals surface area contributed by atoms with Crippen LogP contribution in [-0.2, 0) is 9.59 Å². The number of carbonyl (C=O) groups is 2. The first-order valence-corrected chi connectivity index (χ1v) is 6.29. The Balaban J connectivity index is 1.99. The quantitative estimate of drug-likeness (QED) is 0.585. The van der Waals surface area contributed by atoms with Crippen molar-refractivity contribution in [2.75, 3.05) is 0 Å². The monoisotopic (exact) mass is 221 g/mol. The van der Waals surface area contributed by atoms with Gasteiger partial charge in [-0.1, -0.05) is 0 Å². The van der Waals surface area contributed by atoms with E-state index in [2.05, 4.69) is 0 Å². The molecule has 3 nitrogen and oxygen atoms in total. The minimum atomic E-state index is -0.349. The van der Waals surface area contributed by atoms with Crippen LogP contribution in [0.15, 0.2) is 0 Å². The Bertz CT molecular complexity index is 341. The van der Waals surface area contributed by atoms with Gasteiger partial charge in [0.2, 0.25) is 11.8 Å². The highest BCUT2D eigenvalue weighted by Gasteiger charge is 2.62. The Kier molecular flexibility index (Phi) is 1.85. The van der Waals surface area contributed by atoms with Crippen LogP contribution < -0.4 is 0 Å². The zero-order valence-corrected chi connectivity index (χ0v) is 10.2. The number of nitrogens with zero attached hydrogens (tertiary/aromatic N) is 1. The van der Waals surface area contributed by atoms with E-state index in [0.29, 0.717) is 11.8 Å². The molecule has 1 saturated heterocycles. The third-order valence-corrected chi connectivity index (χ3v) is 4.60. The van der Waals surface area contributed by atoms with Crippen LogP contribution in [-0.4, -0.2) is 22.3 Å². The van der Waals surface area contributed by atoms with Crippen molar-refractivity contribution in [1.29, 1.82) is 0 Å². The lowest BCUT2D eigenvalue weighted by molar-refractivity contribution is -0.146. The van der Waals surface area contributed by atoms with Gasteiger partial charge in [-0.3, -0.25) is 14.5 Å². The molecule has 0 spiro atoms. The molecule has 0 radical (unpaired) electrons. The highest BCUT2D eigenvalue weighted by Crippen LogP contribution is 2.56. The lowest BCUT2D eigenvalue weighted by atomic mass is 9.81. The number of rotatable bonds is 0. The van der Waals surface area contributed by atoms with E-state index < -0.39 is 0 Å².